The van der Waals surface area contributed by atoms with Crippen molar-refractivity contribution in [3.63, 3.8) is 0 Å². The topological polar surface area (TPSA) is 31.4 Å². The van der Waals surface area contributed by atoms with Crippen molar-refractivity contribution in [2.24, 2.45) is 0 Å². The van der Waals surface area contributed by atoms with Crippen molar-refractivity contribution in [1.29, 1.82) is 0 Å². The molecule has 0 bridgehead atoms. The molecule has 0 N–H and O–H groups in total. The predicted octanol–water partition coefficient (Wildman–Crippen LogP) is 6.32. The van der Waals surface area contributed by atoms with Gasteiger partial charge in [-0.2, -0.15) is 0 Å². The highest BCUT2D eigenvalue weighted by Crippen LogP contribution is 2.37. The molecule has 140 valence electrons. The van der Waals surface area contributed by atoms with Crippen molar-refractivity contribution in [3.05, 3.63) is 107 Å². The summed E-state index contributed by atoms with van der Waals surface area (Å²) < 4.78 is 11.6. The highest BCUT2D eigenvalue weighted by molar-refractivity contribution is 7.08. The Labute approximate surface area is 169 Å². The average molecular weight is 388 g/mol. The molecule has 3 nitrogen and oxygen atoms in total. The number of thiophene rings is 1. The van der Waals surface area contributed by atoms with Crippen LogP contribution < -0.4 is 9.47 Å². The molecular weight excluding hydrogens is 366 g/mol. The maximum absolute atomic E-state index is 6.09. The number of pyridine rings is 1. The Morgan fingerprint density at radius 1 is 0.893 bits per heavy atom. The van der Waals surface area contributed by atoms with Crippen molar-refractivity contribution in [2.75, 3.05) is 7.11 Å². The number of hydrogen-bond acceptors (Lipinski definition) is 4. The van der Waals surface area contributed by atoms with E-state index >= 15 is 0 Å². The van der Waals surface area contributed by atoms with Crippen LogP contribution in [0.25, 0.3) is 0 Å². The molecule has 0 aliphatic rings. The fraction of sp³-hybridized carbons (Fsp3) is 0.125. The minimum Gasteiger partial charge on any atom is -0.493 e. The molecule has 2 aromatic heterocycles. The summed E-state index contributed by atoms with van der Waals surface area (Å²) >= 11 is 1.61. The highest BCUT2D eigenvalue weighted by atomic mass is 32.1. The third-order valence-corrected chi connectivity index (χ3v) is 5.37. The van der Waals surface area contributed by atoms with Gasteiger partial charge in [0.25, 0.3) is 0 Å². The summed E-state index contributed by atoms with van der Waals surface area (Å²) in [5, 5.41) is 3.99. The van der Waals surface area contributed by atoms with Gasteiger partial charge in [-0.25, -0.2) is 0 Å². The van der Waals surface area contributed by atoms with E-state index < -0.39 is 0 Å². The highest BCUT2D eigenvalue weighted by Gasteiger charge is 2.18. The number of aromatic nitrogens is 1. The molecule has 0 aliphatic carbocycles. The molecule has 28 heavy (non-hydrogen) atoms. The summed E-state index contributed by atoms with van der Waals surface area (Å²) in [6, 6.07) is 22.9. The van der Waals surface area contributed by atoms with Crippen LogP contribution >= 0.6 is 11.3 Å². The lowest BCUT2D eigenvalue weighted by Gasteiger charge is -2.20. The van der Waals surface area contributed by atoms with E-state index in [-0.39, 0.29) is 5.92 Å². The van der Waals surface area contributed by atoms with Crippen LogP contribution in [-0.2, 0) is 6.42 Å². The van der Waals surface area contributed by atoms with E-state index in [0.29, 0.717) is 0 Å². The molecule has 1 atom stereocenters. The summed E-state index contributed by atoms with van der Waals surface area (Å²) in [5.41, 5.74) is 3.71. The van der Waals surface area contributed by atoms with Gasteiger partial charge in [0.2, 0.25) is 0 Å². The van der Waals surface area contributed by atoms with Gasteiger partial charge in [0.15, 0.2) is 11.5 Å². The summed E-state index contributed by atoms with van der Waals surface area (Å²) in [4.78, 5) is 4.14. The second-order valence-electron chi connectivity index (χ2n) is 6.49. The quantitative estimate of drug-likeness (QED) is 0.372. The van der Waals surface area contributed by atoms with Crippen LogP contribution in [0.4, 0.5) is 0 Å². The zero-order valence-electron chi connectivity index (χ0n) is 15.6. The minimum absolute atomic E-state index is 0.208. The molecule has 4 heteroatoms. The lowest BCUT2D eigenvalue weighted by Crippen LogP contribution is -2.06. The molecule has 0 radical (unpaired) electrons. The molecule has 4 rings (SSSR count). The Morgan fingerprint density at radius 3 is 2.43 bits per heavy atom. The van der Waals surface area contributed by atoms with Gasteiger partial charge in [0.05, 0.1) is 7.11 Å². The van der Waals surface area contributed by atoms with E-state index in [1.165, 1.54) is 16.7 Å². The Morgan fingerprint density at radius 2 is 1.71 bits per heavy atom. The second kappa shape index (κ2) is 8.72. The van der Waals surface area contributed by atoms with Crippen LogP contribution in [0.1, 0.15) is 22.6 Å². The minimum atomic E-state index is 0.208. The molecule has 4 aromatic rings. The SMILES string of the molecule is COc1ccc(C(Cc2ccncc2)c2ccccc2)cc1Oc1ccsc1. The van der Waals surface area contributed by atoms with Crippen molar-refractivity contribution < 1.29 is 9.47 Å². The lowest BCUT2D eigenvalue weighted by atomic mass is 9.86. The molecule has 0 saturated carbocycles. The smallest absolute Gasteiger partial charge is 0.169 e. The van der Waals surface area contributed by atoms with Crippen LogP contribution in [-0.4, -0.2) is 12.1 Å². The first-order chi connectivity index (χ1) is 13.8. The van der Waals surface area contributed by atoms with Gasteiger partial charge in [-0.05, 0) is 58.8 Å². The van der Waals surface area contributed by atoms with Gasteiger partial charge in [0, 0.05) is 23.7 Å². The average Bonchev–Trinajstić information content (AvgIpc) is 3.26. The molecule has 0 saturated heterocycles. The van der Waals surface area contributed by atoms with Crippen LogP contribution in [0.3, 0.4) is 0 Å². The Kier molecular flexibility index (Phi) is 5.69. The number of rotatable bonds is 7. The first kappa shape index (κ1) is 18.3. The third kappa shape index (κ3) is 4.24. The number of benzene rings is 2. The third-order valence-electron chi connectivity index (χ3n) is 4.70. The van der Waals surface area contributed by atoms with E-state index in [0.717, 1.165) is 23.7 Å². The predicted molar refractivity (Wildman–Crippen MR) is 114 cm³/mol. The van der Waals surface area contributed by atoms with E-state index in [2.05, 4.69) is 53.5 Å². The zero-order chi connectivity index (χ0) is 19.2. The zero-order valence-corrected chi connectivity index (χ0v) is 16.4. The standard InChI is InChI=1S/C24H21NO2S/c1-26-23-8-7-20(16-24(23)27-21-11-14-28-17-21)22(19-5-3-2-4-6-19)15-18-9-12-25-13-10-18/h2-14,16-17,22H,15H2,1H3. The Balaban J connectivity index is 1.73. The van der Waals surface area contributed by atoms with E-state index in [9.17, 15) is 0 Å². The van der Waals surface area contributed by atoms with E-state index in [1.807, 2.05) is 41.4 Å². The van der Waals surface area contributed by atoms with Crippen molar-refractivity contribution in [3.8, 4) is 17.2 Å². The lowest BCUT2D eigenvalue weighted by molar-refractivity contribution is 0.379. The molecule has 0 spiro atoms. The number of methoxy groups -OCH3 is 1. The second-order valence-corrected chi connectivity index (χ2v) is 7.27. The maximum Gasteiger partial charge on any atom is 0.169 e. The van der Waals surface area contributed by atoms with Gasteiger partial charge in [-0.15, -0.1) is 11.3 Å². The number of nitrogens with zero attached hydrogens (tertiary/aromatic N) is 1. The van der Waals surface area contributed by atoms with Crippen LogP contribution in [0.5, 0.6) is 17.2 Å². The molecule has 0 fully saturated rings. The van der Waals surface area contributed by atoms with Gasteiger partial charge in [-0.1, -0.05) is 36.4 Å². The first-order valence-electron chi connectivity index (χ1n) is 9.15. The van der Waals surface area contributed by atoms with E-state index in [1.54, 1.807) is 18.4 Å². The van der Waals surface area contributed by atoms with Crippen LogP contribution in [0.15, 0.2) is 89.9 Å². The summed E-state index contributed by atoms with van der Waals surface area (Å²) in [7, 11) is 1.67. The largest absolute Gasteiger partial charge is 0.493 e. The van der Waals surface area contributed by atoms with Crippen LogP contribution in [0.2, 0.25) is 0 Å². The molecule has 0 aliphatic heterocycles. The Bertz CT molecular complexity index is 1000. The summed E-state index contributed by atoms with van der Waals surface area (Å²) in [6.45, 7) is 0. The van der Waals surface area contributed by atoms with Gasteiger partial charge < -0.3 is 9.47 Å². The van der Waals surface area contributed by atoms with Gasteiger partial charge >= 0.3 is 0 Å². The van der Waals surface area contributed by atoms with E-state index in [4.69, 9.17) is 9.47 Å². The van der Waals surface area contributed by atoms with Gasteiger partial charge in [0.1, 0.15) is 5.75 Å². The molecule has 2 aromatic carbocycles. The van der Waals surface area contributed by atoms with Crippen molar-refractivity contribution >= 4 is 11.3 Å². The fourth-order valence-corrected chi connectivity index (χ4v) is 3.85. The molecular formula is C24H21NO2S. The molecule has 0 amide bonds. The molecule has 2 heterocycles. The van der Waals surface area contributed by atoms with Gasteiger partial charge in [-0.3, -0.25) is 4.98 Å². The molecule has 1 unspecified atom stereocenters. The van der Waals surface area contributed by atoms with Crippen molar-refractivity contribution in [1.82, 2.24) is 4.98 Å². The monoisotopic (exact) mass is 387 g/mol. The Hall–Kier alpha value is -3.11. The number of hydrogen-bond donors (Lipinski definition) is 0. The number of ether oxygens (including phenoxy) is 2. The fourth-order valence-electron chi connectivity index (χ4n) is 3.29. The maximum atomic E-state index is 6.09. The first-order valence-corrected chi connectivity index (χ1v) is 10.1. The summed E-state index contributed by atoms with van der Waals surface area (Å²) in [6.07, 6.45) is 4.57. The normalized spacial score (nSPS) is 11.8. The summed E-state index contributed by atoms with van der Waals surface area (Å²) in [5.74, 6) is 2.49. The van der Waals surface area contributed by atoms with Crippen LogP contribution in [0, 0.1) is 0 Å². The van der Waals surface area contributed by atoms with Crippen molar-refractivity contribution in [2.45, 2.75) is 12.3 Å².